The van der Waals surface area contributed by atoms with E-state index in [1.807, 2.05) is 0 Å². The van der Waals surface area contributed by atoms with E-state index in [-0.39, 0.29) is 23.4 Å². The van der Waals surface area contributed by atoms with E-state index in [0.29, 0.717) is 24.2 Å². The molecule has 0 bridgehead atoms. The number of hydrogen-bond donors (Lipinski definition) is 3. The second-order valence-corrected chi connectivity index (χ2v) is 10.9. The first-order chi connectivity index (χ1) is 13.0. The van der Waals surface area contributed by atoms with E-state index in [4.69, 9.17) is 4.74 Å². The van der Waals surface area contributed by atoms with Crippen molar-refractivity contribution in [1.29, 1.82) is 0 Å². The molecule has 0 aliphatic heterocycles. The standard InChI is InChI=1S/C23H38O5/c1-13(24)23(27)20(26)12-19-17-6-5-15-11-16(28-14(2)25)7-9-21(15,3)18(17)8-10-22(19,23)4/h13,15-20,24,26-27H,5-12H2,1-4H3/t13-,15+,16+,17-,18+,19+,20-,21+,22+,23-/m1/s1. The Balaban J connectivity index is 1.58. The van der Waals surface area contributed by atoms with Crippen LogP contribution in [-0.4, -0.2) is 45.2 Å². The monoisotopic (exact) mass is 394 g/mol. The summed E-state index contributed by atoms with van der Waals surface area (Å²) in [5.41, 5.74) is -1.59. The zero-order chi connectivity index (χ0) is 20.5. The van der Waals surface area contributed by atoms with Crippen molar-refractivity contribution >= 4 is 5.97 Å². The maximum absolute atomic E-state index is 11.4. The van der Waals surface area contributed by atoms with Gasteiger partial charge in [-0.05, 0) is 87.4 Å². The Labute approximate surface area is 168 Å². The van der Waals surface area contributed by atoms with Gasteiger partial charge in [0.25, 0.3) is 0 Å². The van der Waals surface area contributed by atoms with Gasteiger partial charge in [0.2, 0.25) is 0 Å². The number of ether oxygens (including phenoxy) is 1. The van der Waals surface area contributed by atoms with Gasteiger partial charge in [-0.25, -0.2) is 0 Å². The number of aliphatic hydroxyl groups excluding tert-OH is 2. The zero-order valence-corrected chi connectivity index (χ0v) is 17.9. The molecule has 0 spiro atoms. The highest BCUT2D eigenvalue weighted by atomic mass is 16.5. The molecule has 4 fully saturated rings. The average molecular weight is 395 g/mol. The predicted octanol–water partition coefficient (Wildman–Crippen LogP) is 3.04. The lowest BCUT2D eigenvalue weighted by molar-refractivity contribution is -0.209. The number of esters is 1. The molecule has 5 heteroatoms. The van der Waals surface area contributed by atoms with Crippen molar-refractivity contribution < 1.29 is 24.9 Å². The highest BCUT2D eigenvalue weighted by Crippen LogP contribution is 2.68. The molecular weight excluding hydrogens is 356 g/mol. The third-order valence-corrected chi connectivity index (χ3v) is 9.88. The summed E-state index contributed by atoms with van der Waals surface area (Å²) >= 11 is 0. The molecular formula is C23H38O5. The fraction of sp³-hybridized carbons (Fsp3) is 0.957. The van der Waals surface area contributed by atoms with Crippen molar-refractivity contribution in [3.05, 3.63) is 0 Å². The Bertz CT molecular complexity index is 634. The van der Waals surface area contributed by atoms with Gasteiger partial charge in [0.15, 0.2) is 0 Å². The maximum Gasteiger partial charge on any atom is 0.302 e. The smallest absolute Gasteiger partial charge is 0.302 e. The van der Waals surface area contributed by atoms with E-state index in [2.05, 4.69) is 13.8 Å². The quantitative estimate of drug-likeness (QED) is 0.627. The molecule has 4 saturated carbocycles. The second kappa shape index (κ2) is 6.68. The molecule has 0 aromatic rings. The van der Waals surface area contributed by atoms with Crippen molar-refractivity contribution in [2.45, 2.75) is 103 Å². The molecule has 28 heavy (non-hydrogen) atoms. The van der Waals surface area contributed by atoms with Crippen LogP contribution in [0.2, 0.25) is 0 Å². The zero-order valence-electron chi connectivity index (χ0n) is 17.9. The number of rotatable bonds is 2. The van der Waals surface area contributed by atoms with E-state index >= 15 is 0 Å². The minimum atomic E-state index is -1.41. The van der Waals surface area contributed by atoms with Crippen LogP contribution in [0, 0.1) is 34.5 Å². The van der Waals surface area contributed by atoms with Crippen LogP contribution >= 0.6 is 0 Å². The molecule has 0 unspecified atom stereocenters. The van der Waals surface area contributed by atoms with Gasteiger partial charge in [0, 0.05) is 12.3 Å². The number of fused-ring (bicyclic) bond motifs is 5. The van der Waals surface area contributed by atoms with Crippen LogP contribution in [0.1, 0.15) is 79.1 Å². The normalized spacial score (nSPS) is 54.2. The number of carbonyl (C=O) groups is 1. The summed E-state index contributed by atoms with van der Waals surface area (Å²) in [6.45, 7) is 7.66. The summed E-state index contributed by atoms with van der Waals surface area (Å²) in [6, 6.07) is 0. The van der Waals surface area contributed by atoms with Gasteiger partial charge in [-0.3, -0.25) is 4.79 Å². The molecule has 0 amide bonds. The van der Waals surface area contributed by atoms with Crippen LogP contribution in [0.4, 0.5) is 0 Å². The molecule has 0 saturated heterocycles. The van der Waals surface area contributed by atoms with Gasteiger partial charge in [-0.2, -0.15) is 0 Å². The summed E-state index contributed by atoms with van der Waals surface area (Å²) in [5.74, 6) is 1.75. The summed E-state index contributed by atoms with van der Waals surface area (Å²) in [6.07, 6.45) is 6.02. The van der Waals surface area contributed by atoms with Gasteiger partial charge in [-0.15, -0.1) is 0 Å². The van der Waals surface area contributed by atoms with Gasteiger partial charge >= 0.3 is 5.97 Å². The molecule has 0 aromatic heterocycles. The lowest BCUT2D eigenvalue weighted by Gasteiger charge is -2.61. The second-order valence-electron chi connectivity index (χ2n) is 10.9. The molecule has 0 heterocycles. The van der Waals surface area contributed by atoms with E-state index in [1.165, 1.54) is 6.92 Å². The fourth-order valence-corrected chi connectivity index (χ4v) is 8.37. The Kier molecular flexibility index (Phi) is 4.92. The summed E-state index contributed by atoms with van der Waals surface area (Å²) in [5, 5.41) is 32.5. The van der Waals surface area contributed by atoms with Crippen LogP contribution in [0.5, 0.6) is 0 Å². The Morgan fingerprint density at radius 3 is 2.43 bits per heavy atom. The maximum atomic E-state index is 11.4. The minimum Gasteiger partial charge on any atom is -0.463 e. The molecule has 10 atom stereocenters. The number of hydrogen-bond acceptors (Lipinski definition) is 5. The SMILES string of the molecule is CC(=O)O[C@H]1CC[C@@]2(C)[C@@H](CC[C@@H]3[C@@H]2CC[C@@]2(C)[C@H]3C[C@@H](O)[C@]2(O)[C@@H](C)O)C1. The first kappa shape index (κ1) is 20.6. The van der Waals surface area contributed by atoms with Crippen molar-refractivity contribution in [3.8, 4) is 0 Å². The summed E-state index contributed by atoms with van der Waals surface area (Å²) in [7, 11) is 0. The Morgan fingerprint density at radius 2 is 1.79 bits per heavy atom. The first-order valence-corrected chi connectivity index (χ1v) is 11.3. The fourth-order valence-electron chi connectivity index (χ4n) is 8.37. The third kappa shape index (κ3) is 2.65. The third-order valence-electron chi connectivity index (χ3n) is 9.88. The first-order valence-electron chi connectivity index (χ1n) is 11.3. The van der Waals surface area contributed by atoms with Crippen molar-refractivity contribution in [3.63, 3.8) is 0 Å². The van der Waals surface area contributed by atoms with Crippen molar-refractivity contribution in [2.24, 2.45) is 34.5 Å². The largest absolute Gasteiger partial charge is 0.463 e. The Morgan fingerprint density at radius 1 is 1.07 bits per heavy atom. The van der Waals surface area contributed by atoms with Gasteiger partial charge in [0.05, 0.1) is 12.2 Å². The highest BCUT2D eigenvalue weighted by molar-refractivity contribution is 5.66. The van der Waals surface area contributed by atoms with E-state index < -0.39 is 23.2 Å². The van der Waals surface area contributed by atoms with E-state index in [1.54, 1.807) is 6.92 Å². The predicted molar refractivity (Wildman–Crippen MR) is 105 cm³/mol. The van der Waals surface area contributed by atoms with Gasteiger partial charge < -0.3 is 20.1 Å². The molecule has 0 aromatic carbocycles. The van der Waals surface area contributed by atoms with E-state index in [9.17, 15) is 20.1 Å². The van der Waals surface area contributed by atoms with Crippen LogP contribution in [0.15, 0.2) is 0 Å². The molecule has 4 aliphatic carbocycles. The lowest BCUT2D eigenvalue weighted by atomic mass is 9.44. The molecule has 5 nitrogen and oxygen atoms in total. The molecule has 0 radical (unpaired) electrons. The van der Waals surface area contributed by atoms with Crippen LogP contribution in [0.3, 0.4) is 0 Å². The number of aliphatic hydroxyl groups is 3. The van der Waals surface area contributed by atoms with Gasteiger partial charge in [0.1, 0.15) is 11.7 Å². The molecule has 4 aliphatic rings. The lowest BCUT2D eigenvalue weighted by Crippen LogP contribution is -2.61. The minimum absolute atomic E-state index is 0.0645. The Hall–Kier alpha value is -0.650. The molecule has 3 N–H and O–H groups in total. The highest BCUT2D eigenvalue weighted by Gasteiger charge is 2.69. The van der Waals surface area contributed by atoms with Crippen LogP contribution in [-0.2, 0) is 9.53 Å². The topological polar surface area (TPSA) is 87.0 Å². The van der Waals surface area contributed by atoms with Crippen molar-refractivity contribution in [1.82, 2.24) is 0 Å². The number of carbonyl (C=O) groups excluding carboxylic acids is 1. The summed E-state index contributed by atoms with van der Waals surface area (Å²) in [4.78, 5) is 11.4. The van der Waals surface area contributed by atoms with E-state index in [0.717, 1.165) is 44.9 Å². The van der Waals surface area contributed by atoms with Gasteiger partial charge in [-0.1, -0.05) is 13.8 Å². The van der Waals surface area contributed by atoms with Crippen LogP contribution in [0.25, 0.3) is 0 Å². The van der Waals surface area contributed by atoms with Crippen molar-refractivity contribution in [2.75, 3.05) is 0 Å². The average Bonchev–Trinajstić information content (AvgIpc) is 2.83. The molecule has 4 rings (SSSR count). The van der Waals surface area contributed by atoms with Crippen LogP contribution < -0.4 is 0 Å². The summed E-state index contributed by atoms with van der Waals surface area (Å²) < 4.78 is 5.54. The molecule has 160 valence electrons.